The van der Waals surface area contributed by atoms with Crippen molar-refractivity contribution in [3.8, 4) is 33.8 Å². The molecule has 0 fully saturated rings. The molecule has 0 radical (unpaired) electrons. The first-order chi connectivity index (χ1) is 13.4. The molecule has 0 aromatic heterocycles. The van der Waals surface area contributed by atoms with E-state index in [0.717, 1.165) is 22.6 Å². The van der Waals surface area contributed by atoms with Crippen LogP contribution in [0.4, 0.5) is 0 Å². The van der Waals surface area contributed by atoms with Crippen LogP contribution in [0.15, 0.2) is 109 Å². The van der Waals surface area contributed by atoms with Crippen LogP contribution in [-0.4, -0.2) is 0 Å². The van der Waals surface area contributed by atoms with Crippen LogP contribution < -0.4 is 5.63 Å². The van der Waals surface area contributed by atoms with Crippen LogP contribution in [0.25, 0.3) is 22.3 Å². The van der Waals surface area contributed by atoms with Gasteiger partial charge < -0.3 is 0 Å². The van der Waals surface area contributed by atoms with E-state index in [-0.39, 0.29) is 0 Å². The second-order valence-corrected chi connectivity index (χ2v) is 7.49. The van der Waals surface area contributed by atoms with Crippen molar-refractivity contribution in [1.29, 1.82) is 0 Å². The van der Waals surface area contributed by atoms with Crippen molar-refractivity contribution in [2.45, 2.75) is 0 Å². The predicted octanol–water partition coefficient (Wildman–Crippen LogP) is 6.39. The first-order valence-corrected chi connectivity index (χ1v) is 10.8. The van der Waals surface area contributed by atoms with Gasteiger partial charge in [-0.05, 0) is 0 Å². The van der Waals surface area contributed by atoms with Gasteiger partial charge in [0.1, 0.15) is 0 Å². The summed E-state index contributed by atoms with van der Waals surface area (Å²) in [5, 5.41) is 0. The van der Waals surface area contributed by atoms with Crippen molar-refractivity contribution in [2.24, 2.45) is 0 Å². The van der Waals surface area contributed by atoms with Gasteiger partial charge in [-0.3, -0.25) is 0 Å². The minimum absolute atomic E-state index is 0.863. The van der Waals surface area contributed by atoms with E-state index >= 15 is 0 Å². The van der Waals surface area contributed by atoms with Gasteiger partial charge >= 0.3 is 173 Å². The van der Waals surface area contributed by atoms with E-state index < -0.39 is 24.1 Å². The third-order valence-electron chi connectivity index (χ3n) is 4.20. The SMILES string of the molecule is c1ccc(-c2cccc([O][Zr][O]c3cccc(-c4ccccc4)c3)c2)cc1. The quantitative estimate of drug-likeness (QED) is 0.353. The predicted molar refractivity (Wildman–Crippen MR) is 105 cm³/mol. The van der Waals surface area contributed by atoms with Gasteiger partial charge in [-0.25, -0.2) is 0 Å². The van der Waals surface area contributed by atoms with Gasteiger partial charge in [0.25, 0.3) is 0 Å². The van der Waals surface area contributed by atoms with Crippen LogP contribution >= 0.6 is 0 Å². The monoisotopic (exact) mass is 428 g/mol. The Labute approximate surface area is 172 Å². The van der Waals surface area contributed by atoms with Crippen molar-refractivity contribution >= 4 is 0 Å². The van der Waals surface area contributed by atoms with Crippen molar-refractivity contribution in [2.75, 3.05) is 0 Å². The Morgan fingerprint density at radius 3 is 1.26 bits per heavy atom. The number of hydrogen-bond acceptors (Lipinski definition) is 2. The normalized spacial score (nSPS) is 10.2. The summed E-state index contributed by atoms with van der Waals surface area (Å²) in [6.07, 6.45) is 0. The molecule has 0 atom stereocenters. The van der Waals surface area contributed by atoms with Crippen molar-refractivity contribution in [1.82, 2.24) is 0 Å². The summed E-state index contributed by atoms with van der Waals surface area (Å²) in [5.74, 6) is 1.73. The van der Waals surface area contributed by atoms with Crippen LogP contribution in [0.5, 0.6) is 11.5 Å². The van der Waals surface area contributed by atoms with Gasteiger partial charge in [0.05, 0.1) is 0 Å². The molecule has 4 aromatic carbocycles. The standard InChI is InChI=1S/2C12H10O.Zr/c2*13-12-8-4-7-11(9-12)10-5-2-1-3-6-10;/h2*1-9,13H;/q;;+2/p-2. The molecule has 0 N–H and O–H groups in total. The molecule has 0 saturated heterocycles. The fourth-order valence-electron chi connectivity index (χ4n) is 2.86. The average molecular weight is 430 g/mol. The maximum atomic E-state index is 5.97. The molecular formula is C24H18O2Zr. The molecule has 0 aliphatic heterocycles. The Morgan fingerprint density at radius 1 is 0.407 bits per heavy atom. The molecule has 0 saturated carbocycles. The summed E-state index contributed by atoms with van der Waals surface area (Å²) in [5.41, 5.74) is 4.67. The van der Waals surface area contributed by atoms with Gasteiger partial charge in [0, 0.05) is 0 Å². The third-order valence-corrected chi connectivity index (χ3v) is 5.77. The Kier molecular flexibility index (Phi) is 5.81. The van der Waals surface area contributed by atoms with Gasteiger partial charge in [-0.15, -0.1) is 0 Å². The van der Waals surface area contributed by atoms with Crippen LogP contribution in [-0.2, 0) is 24.1 Å². The number of rotatable bonds is 6. The zero-order valence-electron chi connectivity index (χ0n) is 14.7. The van der Waals surface area contributed by atoms with Crippen LogP contribution in [0.2, 0.25) is 0 Å². The number of hydrogen-bond donors (Lipinski definition) is 0. The van der Waals surface area contributed by atoms with Crippen molar-refractivity contribution in [3.63, 3.8) is 0 Å². The van der Waals surface area contributed by atoms with Crippen LogP contribution in [0, 0.1) is 0 Å². The van der Waals surface area contributed by atoms with Gasteiger partial charge in [-0.1, -0.05) is 0 Å². The molecular weight excluding hydrogens is 411 g/mol. The Hall–Kier alpha value is -2.64. The van der Waals surface area contributed by atoms with E-state index in [1.807, 2.05) is 60.7 Å². The second-order valence-electron chi connectivity index (χ2n) is 6.08. The summed E-state index contributed by atoms with van der Waals surface area (Å²) in [6, 6.07) is 37.0. The molecule has 2 nitrogen and oxygen atoms in total. The molecule has 130 valence electrons. The molecule has 0 unspecified atom stereocenters. The Balaban J connectivity index is 1.41. The van der Waals surface area contributed by atoms with E-state index in [1.54, 1.807) is 0 Å². The summed E-state index contributed by atoms with van der Waals surface area (Å²) < 4.78 is 11.9. The van der Waals surface area contributed by atoms with Crippen LogP contribution in [0.1, 0.15) is 0 Å². The van der Waals surface area contributed by atoms with Gasteiger partial charge in [0.2, 0.25) is 0 Å². The molecule has 0 aliphatic carbocycles. The summed E-state index contributed by atoms with van der Waals surface area (Å²) in [4.78, 5) is 0. The maximum absolute atomic E-state index is 5.97. The molecule has 0 bridgehead atoms. The molecule has 0 heterocycles. The Morgan fingerprint density at radius 2 is 0.815 bits per heavy atom. The molecule has 0 amide bonds. The van der Waals surface area contributed by atoms with Crippen molar-refractivity contribution in [3.05, 3.63) is 109 Å². The van der Waals surface area contributed by atoms with Crippen molar-refractivity contribution < 1.29 is 29.7 Å². The molecule has 0 spiro atoms. The third kappa shape index (κ3) is 4.75. The van der Waals surface area contributed by atoms with E-state index in [4.69, 9.17) is 5.63 Å². The molecule has 0 aliphatic rings. The fourth-order valence-corrected chi connectivity index (χ4v) is 4.06. The summed E-state index contributed by atoms with van der Waals surface area (Å²) in [7, 11) is 0. The first-order valence-electron chi connectivity index (χ1n) is 8.78. The topological polar surface area (TPSA) is 18.5 Å². The molecule has 3 heteroatoms. The fraction of sp³-hybridized carbons (Fsp3) is 0. The van der Waals surface area contributed by atoms with Gasteiger partial charge in [-0.2, -0.15) is 0 Å². The molecule has 4 aromatic rings. The minimum atomic E-state index is -1.48. The van der Waals surface area contributed by atoms with E-state index in [9.17, 15) is 0 Å². The summed E-state index contributed by atoms with van der Waals surface area (Å²) in [6.45, 7) is 0. The second kappa shape index (κ2) is 8.84. The molecule has 27 heavy (non-hydrogen) atoms. The zero-order chi connectivity index (χ0) is 18.3. The average Bonchev–Trinajstić information content (AvgIpc) is 2.75. The zero-order valence-corrected chi connectivity index (χ0v) is 17.2. The van der Waals surface area contributed by atoms with Gasteiger partial charge in [0.15, 0.2) is 0 Å². The number of benzene rings is 4. The summed E-state index contributed by atoms with van der Waals surface area (Å²) >= 11 is -1.48. The Bertz CT molecular complexity index is 918. The molecule has 4 rings (SSSR count). The first kappa shape index (κ1) is 17.8. The van der Waals surface area contributed by atoms with E-state index in [2.05, 4.69) is 48.5 Å². The van der Waals surface area contributed by atoms with Crippen LogP contribution in [0.3, 0.4) is 0 Å². The van der Waals surface area contributed by atoms with E-state index in [1.165, 1.54) is 11.1 Å². The van der Waals surface area contributed by atoms with E-state index in [0.29, 0.717) is 0 Å².